The Balaban J connectivity index is 1.96. The molecule has 30 heavy (non-hydrogen) atoms. The van der Waals surface area contributed by atoms with Gasteiger partial charge in [0.25, 0.3) is 0 Å². The van der Waals surface area contributed by atoms with E-state index in [0.29, 0.717) is 19.4 Å². The van der Waals surface area contributed by atoms with Crippen LogP contribution in [0.5, 0.6) is 5.75 Å². The molecule has 172 valence electrons. The first-order valence-corrected chi connectivity index (χ1v) is 13.0. The second-order valence-electron chi connectivity index (χ2n) is 7.96. The maximum atomic E-state index is 11.9. The average molecular weight is 441 g/mol. The van der Waals surface area contributed by atoms with Crippen LogP contribution < -0.4 is 14.6 Å². The normalized spacial score (nSPS) is 11.4. The fraction of sp³-hybridized carbons (Fsp3) is 0.696. The summed E-state index contributed by atoms with van der Waals surface area (Å²) in [7, 11) is -4.00. The molecule has 0 aromatic heterocycles. The fourth-order valence-corrected chi connectivity index (χ4v) is 3.79. The smallest absolute Gasteiger partial charge is 0.371 e. The first-order chi connectivity index (χ1) is 14.4. The Morgan fingerprint density at radius 2 is 1.37 bits per heavy atom. The van der Waals surface area contributed by atoms with Crippen molar-refractivity contribution in [3.63, 3.8) is 0 Å². The molecule has 6 nitrogen and oxygen atoms in total. The van der Waals surface area contributed by atoms with Crippen LogP contribution in [-0.2, 0) is 21.5 Å². The molecule has 0 aliphatic rings. The minimum Gasteiger partial charge on any atom is -0.371 e. The van der Waals surface area contributed by atoms with E-state index in [9.17, 15) is 13.2 Å². The first kappa shape index (κ1) is 26.4. The SMILES string of the molecule is CCCCCCCCCCCCCCC(=O)NCCc1ccc(OS(N)(=O)=O)cc1. The zero-order valence-electron chi connectivity index (χ0n) is 18.5. The van der Waals surface area contributed by atoms with E-state index in [-0.39, 0.29) is 11.7 Å². The van der Waals surface area contributed by atoms with E-state index in [1.807, 2.05) is 0 Å². The number of hydrogen-bond acceptors (Lipinski definition) is 4. The van der Waals surface area contributed by atoms with Crippen molar-refractivity contribution >= 4 is 16.2 Å². The molecule has 3 N–H and O–H groups in total. The summed E-state index contributed by atoms with van der Waals surface area (Å²) < 4.78 is 26.3. The number of hydrogen-bond donors (Lipinski definition) is 2. The van der Waals surface area contributed by atoms with E-state index < -0.39 is 10.3 Å². The van der Waals surface area contributed by atoms with Gasteiger partial charge >= 0.3 is 10.3 Å². The van der Waals surface area contributed by atoms with Gasteiger partial charge < -0.3 is 9.50 Å². The summed E-state index contributed by atoms with van der Waals surface area (Å²) in [5.41, 5.74) is 0.988. The van der Waals surface area contributed by atoms with Crippen LogP contribution >= 0.6 is 0 Å². The van der Waals surface area contributed by atoms with E-state index >= 15 is 0 Å². The van der Waals surface area contributed by atoms with E-state index in [4.69, 9.17) is 5.14 Å². The van der Waals surface area contributed by atoms with Gasteiger partial charge in [-0.25, -0.2) is 0 Å². The molecule has 0 fully saturated rings. The number of amides is 1. The predicted molar refractivity (Wildman–Crippen MR) is 123 cm³/mol. The van der Waals surface area contributed by atoms with Gasteiger partial charge in [0, 0.05) is 13.0 Å². The molecule has 0 atom stereocenters. The van der Waals surface area contributed by atoms with Gasteiger partial charge in [-0.15, -0.1) is 0 Å². The number of nitrogens with one attached hydrogen (secondary N) is 1. The van der Waals surface area contributed by atoms with Crippen LogP contribution in [0.25, 0.3) is 0 Å². The molecule has 1 rings (SSSR count). The summed E-state index contributed by atoms with van der Waals surface area (Å²) in [5.74, 6) is 0.272. The molecule has 0 saturated carbocycles. The molecule has 1 aromatic rings. The van der Waals surface area contributed by atoms with E-state index in [1.165, 1.54) is 64.2 Å². The number of benzene rings is 1. The Kier molecular flexibility index (Phi) is 14.2. The van der Waals surface area contributed by atoms with Crippen LogP contribution in [0.3, 0.4) is 0 Å². The van der Waals surface area contributed by atoms with Gasteiger partial charge in [0.15, 0.2) is 0 Å². The van der Waals surface area contributed by atoms with Gasteiger partial charge in [0.1, 0.15) is 5.75 Å². The Labute approximate surface area is 183 Å². The molecule has 0 unspecified atom stereocenters. The highest BCUT2D eigenvalue weighted by atomic mass is 32.2. The quantitative estimate of drug-likeness (QED) is 0.313. The monoisotopic (exact) mass is 440 g/mol. The Bertz CT molecular complexity index is 675. The summed E-state index contributed by atoms with van der Waals surface area (Å²) in [4.78, 5) is 11.9. The lowest BCUT2D eigenvalue weighted by Gasteiger charge is -2.07. The molecular weight excluding hydrogens is 400 g/mol. The summed E-state index contributed by atoms with van der Waals surface area (Å²) in [6.07, 6.45) is 16.7. The Morgan fingerprint density at radius 1 is 0.867 bits per heavy atom. The van der Waals surface area contributed by atoms with Crippen LogP contribution in [0, 0.1) is 0 Å². The van der Waals surface area contributed by atoms with Gasteiger partial charge in [-0.1, -0.05) is 89.7 Å². The summed E-state index contributed by atoms with van der Waals surface area (Å²) in [5, 5.41) is 7.76. The van der Waals surface area contributed by atoms with Crippen LogP contribution in [0.1, 0.15) is 96.0 Å². The van der Waals surface area contributed by atoms with Gasteiger partial charge in [-0.2, -0.15) is 13.6 Å². The molecule has 0 spiro atoms. The van der Waals surface area contributed by atoms with Crippen molar-refractivity contribution in [1.29, 1.82) is 0 Å². The van der Waals surface area contributed by atoms with Crippen molar-refractivity contribution in [2.75, 3.05) is 6.54 Å². The predicted octanol–water partition coefficient (Wildman–Crippen LogP) is 5.02. The largest absolute Gasteiger partial charge is 0.380 e. The molecule has 0 aliphatic carbocycles. The van der Waals surface area contributed by atoms with Crippen molar-refractivity contribution in [2.24, 2.45) is 5.14 Å². The maximum Gasteiger partial charge on any atom is 0.380 e. The molecule has 0 bridgehead atoms. The molecule has 7 heteroatoms. The zero-order chi connectivity index (χ0) is 22.1. The highest BCUT2D eigenvalue weighted by Crippen LogP contribution is 2.14. The summed E-state index contributed by atoms with van der Waals surface area (Å²) >= 11 is 0. The first-order valence-electron chi connectivity index (χ1n) is 11.5. The molecule has 1 amide bonds. The summed E-state index contributed by atoms with van der Waals surface area (Å²) in [6, 6.07) is 6.62. The molecule has 0 aliphatic heterocycles. The molecule has 0 heterocycles. The zero-order valence-corrected chi connectivity index (χ0v) is 19.4. The number of nitrogens with two attached hydrogens (primary N) is 1. The van der Waals surface area contributed by atoms with E-state index in [2.05, 4.69) is 16.4 Å². The highest BCUT2D eigenvalue weighted by Gasteiger charge is 2.05. The standard InChI is InChI=1S/C23H40N2O4S/c1-2-3-4-5-6-7-8-9-10-11-12-13-14-23(26)25-20-19-21-15-17-22(18-16-21)29-30(24,27)28/h15-18H,2-14,19-20H2,1H3,(H,25,26)(H2,24,27,28). The van der Waals surface area contributed by atoms with Gasteiger partial charge in [-0.3, -0.25) is 4.79 Å². The molecule has 1 aromatic carbocycles. The molecular formula is C23H40N2O4S. The van der Waals surface area contributed by atoms with Crippen molar-refractivity contribution < 1.29 is 17.4 Å². The van der Waals surface area contributed by atoms with Gasteiger partial charge in [0.2, 0.25) is 5.91 Å². The molecule has 0 saturated heterocycles. The van der Waals surface area contributed by atoms with Crippen molar-refractivity contribution in [3.8, 4) is 5.75 Å². The number of carbonyl (C=O) groups excluding carboxylic acids is 1. The lowest BCUT2D eigenvalue weighted by Crippen LogP contribution is -2.25. The van der Waals surface area contributed by atoms with Crippen molar-refractivity contribution in [1.82, 2.24) is 5.32 Å². The third kappa shape index (κ3) is 15.3. The number of rotatable bonds is 18. The molecule has 0 radical (unpaired) electrons. The second kappa shape index (κ2) is 16.1. The lowest BCUT2D eigenvalue weighted by molar-refractivity contribution is -0.121. The Morgan fingerprint density at radius 3 is 1.87 bits per heavy atom. The van der Waals surface area contributed by atoms with Crippen molar-refractivity contribution in [3.05, 3.63) is 29.8 Å². The van der Waals surface area contributed by atoms with Gasteiger partial charge in [0.05, 0.1) is 0 Å². The maximum absolute atomic E-state index is 11.9. The number of carbonyl (C=O) groups is 1. The highest BCUT2D eigenvalue weighted by molar-refractivity contribution is 7.84. The lowest BCUT2D eigenvalue weighted by atomic mass is 10.0. The van der Waals surface area contributed by atoms with Crippen molar-refractivity contribution in [2.45, 2.75) is 96.8 Å². The van der Waals surface area contributed by atoms with Crippen LogP contribution in [-0.4, -0.2) is 20.9 Å². The van der Waals surface area contributed by atoms with E-state index in [1.54, 1.807) is 24.3 Å². The minimum atomic E-state index is -4.00. The second-order valence-corrected chi connectivity index (χ2v) is 9.11. The van der Waals surface area contributed by atoms with Crippen LogP contribution in [0.4, 0.5) is 0 Å². The fourth-order valence-electron chi connectivity index (χ4n) is 3.41. The topological polar surface area (TPSA) is 98.5 Å². The summed E-state index contributed by atoms with van der Waals surface area (Å²) in [6.45, 7) is 2.81. The van der Waals surface area contributed by atoms with Gasteiger partial charge in [-0.05, 0) is 30.5 Å². The minimum absolute atomic E-state index is 0.0938. The van der Waals surface area contributed by atoms with Crippen LogP contribution in [0.2, 0.25) is 0 Å². The Hall–Kier alpha value is -1.60. The average Bonchev–Trinajstić information content (AvgIpc) is 2.69. The third-order valence-corrected chi connectivity index (χ3v) is 5.55. The van der Waals surface area contributed by atoms with E-state index in [0.717, 1.165) is 18.4 Å². The third-order valence-electron chi connectivity index (χ3n) is 5.13. The van der Waals surface area contributed by atoms with Crippen LogP contribution in [0.15, 0.2) is 24.3 Å². The number of unbranched alkanes of at least 4 members (excludes halogenated alkanes) is 11.